The third-order valence-electron chi connectivity index (χ3n) is 4.98. The third kappa shape index (κ3) is 5.89. The van der Waals surface area contributed by atoms with Crippen LogP contribution in [0.25, 0.3) is 6.08 Å². The molecule has 3 rings (SSSR count). The molecule has 27 heavy (non-hydrogen) atoms. The fourth-order valence-corrected chi connectivity index (χ4v) is 3.66. The van der Waals surface area contributed by atoms with E-state index in [1.54, 1.807) is 12.4 Å². The van der Waals surface area contributed by atoms with Gasteiger partial charge in [0.25, 0.3) is 0 Å². The van der Waals surface area contributed by atoms with Crippen LogP contribution in [-0.2, 0) is 4.79 Å². The van der Waals surface area contributed by atoms with Gasteiger partial charge in [-0.1, -0.05) is 42.5 Å². The smallest absolute Gasteiger partial charge is 0.227 e. The van der Waals surface area contributed by atoms with Crippen LogP contribution in [0.2, 0.25) is 0 Å². The van der Waals surface area contributed by atoms with Crippen LogP contribution in [0.15, 0.2) is 60.9 Å². The van der Waals surface area contributed by atoms with E-state index in [2.05, 4.69) is 39.5 Å². The minimum atomic E-state index is 0.0476. The van der Waals surface area contributed by atoms with Crippen LogP contribution in [0.3, 0.4) is 0 Å². The molecule has 1 fully saturated rings. The molecule has 2 aromatic rings. The molecule has 6 heteroatoms. The zero-order chi connectivity index (χ0) is 18.9. The molecular weight excluding hydrogens is 360 g/mol. The molecule has 1 heterocycles. The Hall–Kier alpha value is -2.21. The van der Waals surface area contributed by atoms with E-state index in [1.165, 1.54) is 5.56 Å². The van der Waals surface area contributed by atoms with Crippen molar-refractivity contribution in [2.45, 2.75) is 31.7 Å². The van der Waals surface area contributed by atoms with Crippen LogP contribution in [-0.4, -0.2) is 28.5 Å². The molecule has 1 amide bonds. The van der Waals surface area contributed by atoms with E-state index in [4.69, 9.17) is 11.8 Å². The first-order valence-corrected chi connectivity index (χ1v) is 9.69. The monoisotopic (exact) mass is 384 g/mol. The summed E-state index contributed by atoms with van der Waals surface area (Å²) >= 11 is 5.95. The maximum absolute atomic E-state index is 12.4. The first-order chi connectivity index (χ1) is 13.3. The Morgan fingerprint density at radius 1 is 1.11 bits per heavy atom. The molecule has 0 saturated heterocycles. The zero-order valence-electron chi connectivity index (χ0n) is 15.2. The van der Waals surface area contributed by atoms with E-state index < -0.39 is 0 Å². The summed E-state index contributed by atoms with van der Waals surface area (Å²) in [5.41, 5.74) is 1.97. The van der Waals surface area contributed by atoms with Crippen LogP contribution < -0.4 is 10.3 Å². The summed E-state index contributed by atoms with van der Waals surface area (Å²) in [7, 11) is 0. The highest BCUT2D eigenvalue weighted by Gasteiger charge is 2.29. The summed E-state index contributed by atoms with van der Waals surface area (Å²) in [4.78, 5) is 19.2. The van der Waals surface area contributed by atoms with Crippen LogP contribution in [0.5, 0.6) is 0 Å². The summed E-state index contributed by atoms with van der Waals surface area (Å²) in [6.07, 6.45) is 11.2. The number of rotatable bonds is 7. The number of pyridine rings is 1. The second kappa shape index (κ2) is 10.2. The summed E-state index contributed by atoms with van der Waals surface area (Å²) < 4.78 is 0. The van der Waals surface area contributed by atoms with Gasteiger partial charge in [0.2, 0.25) is 5.91 Å². The molecule has 0 aliphatic heterocycles. The van der Waals surface area contributed by atoms with Crippen molar-refractivity contribution in [2.24, 2.45) is 5.92 Å². The number of hydrogen-bond donors (Lipinski definition) is 2. The lowest BCUT2D eigenvalue weighted by atomic mass is 9.85. The average molecular weight is 385 g/mol. The van der Waals surface area contributed by atoms with Gasteiger partial charge in [-0.3, -0.25) is 9.78 Å². The van der Waals surface area contributed by atoms with Gasteiger partial charge >= 0.3 is 0 Å². The zero-order valence-corrected chi connectivity index (χ0v) is 16.0. The van der Waals surface area contributed by atoms with Crippen molar-refractivity contribution < 1.29 is 4.79 Å². The molecule has 1 aliphatic rings. The van der Waals surface area contributed by atoms with Gasteiger partial charge in [-0.2, -0.15) is 4.94 Å². The molecule has 0 radical (unpaired) electrons. The van der Waals surface area contributed by atoms with Gasteiger partial charge in [0.05, 0.1) is 0 Å². The van der Waals surface area contributed by atoms with E-state index in [0.29, 0.717) is 6.04 Å². The lowest BCUT2D eigenvalue weighted by Gasteiger charge is -2.34. The van der Waals surface area contributed by atoms with Gasteiger partial charge in [0, 0.05) is 36.6 Å². The van der Waals surface area contributed by atoms with Crippen LogP contribution >= 0.6 is 11.8 Å². The molecule has 5 nitrogen and oxygen atoms in total. The Bertz CT molecular complexity index is 730. The Kier molecular flexibility index (Phi) is 7.39. The molecule has 1 aromatic heterocycles. The Balaban J connectivity index is 1.46. The second-order valence-corrected chi connectivity index (χ2v) is 6.95. The second-order valence-electron chi connectivity index (χ2n) is 6.78. The number of carbonyl (C=O) groups excluding carboxylic acids is 1. The molecule has 0 atom stereocenters. The van der Waals surface area contributed by atoms with E-state index in [1.807, 2.05) is 35.3 Å². The summed E-state index contributed by atoms with van der Waals surface area (Å²) in [5, 5.41) is 5.02. The highest BCUT2D eigenvalue weighted by atomic mass is 35.5. The number of nitrogens with one attached hydrogen (secondary N) is 2. The first-order valence-electron chi connectivity index (χ1n) is 9.31. The van der Waals surface area contributed by atoms with E-state index in [0.717, 1.165) is 37.9 Å². The van der Waals surface area contributed by atoms with Crippen molar-refractivity contribution in [1.29, 1.82) is 0 Å². The van der Waals surface area contributed by atoms with Crippen molar-refractivity contribution >= 4 is 29.4 Å². The number of carbonyl (C=O) groups is 1. The number of aromatic nitrogens is 1. The molecule has 0 bridgehead atoms. The van der Waals surface area contributed by atoms with Gasteiger partial charge in [-0.25, -0.2) is 5.01 Å². The SMILES string of the molecule is O=C(Nc1ccncc1)C1CCC(N(C/C=C/c2ccccc2)NCl)CC1. The predicted molar refractivity (Wildman–Crippen MR) is 110 cm³/mol. The highest BCUT2D eigenvalue weighted by molar-refractivity contribution is 6.13. The molecule has 1 aliphatic carbocycles. The number of hydrogen-bond acceptors (Lipinski definition) is 4. The fourth-order valence-electron chi connectivity index (χ4n) is 3.45. The van der Waals surface area contributed by atoms with Crippen molar-refractivity contribution in [1.82, 2.24) is 14.9 Å². The van der Waals surface area contributed by atoms with Gasteiger partial charge in [0.15, 0.2) is 0 Å². The molecular formula is C21H25ClN4O. The fraction of sp³-hybridized carbons (Fsp3) is 0.333. The van der Waals surface area contributed by atoms with Crippen LogP contribution in [0.4, 0.5) is 5.69 Å². The highest BCUT2D eigenvalue weighted by Crippen LogP contribution is 2.28. The van der Waals surface area contributed by atoms with Gasteiger partial charge in [0.1, 0.15) is 0 Å². The maximum atomic E-state index is 12.4. The van der Waals surface area contributed by atoms with Crippen molar-refractivity contribution in [3.63, 3.8) is 0 Å². The number of hydrazine groups is 1. The Morgan fingerprint density at radius 2 is 1.81 bits per heavy atom. The number of halogens is 1. The molecule has 1 saturated carbocycles. The van der Waals surface area contributed by atoms with Gasteiger partial charge in [-0.15, -0.1) is 0 Å². The summed E-state index contributed by atoms with van der Waals surface area (Å²) in [6, 6.07) is 14.1. The normalized spacial score (nSPS) is 20.1. The van der Waals surface area contributed by atoms with Crippen molar-refractivity contribution in [3.8, 4) is 0 Å². The standard InChI is InChI=1S/C21H25ClN4O/c22-25-26(16-4-7-17-5-2-1-3-6-17)20-10-8-18(9-11-20)21(27)24-19-12-14-23-15-13-19/h1-7,12-15,18,20,25H,8-11,16H2,(H,23,24,27)/b7-4+. The van der Waals surface area contributed by atoms with Crippen LogP contribution in [0, 0.1) is 5.92 Å². The van der Waals surface area contributed by atoms with E-state index in [9.17, 15) is 4.79 Å². The molecule has 0 spiro atoms. The van der Waals surface area contributed by atoms with Crippen molar-refractivity contribution in [2.75, 3.05) is 11.9 Å². The predicted octanol–water partition coefficient (Wildman–Crippen LogP) is 4.25. The summed E-state index contributed by atoms with van der Waals surface area (Å²) in [5.74, 6) is 0.139. The average Bonchev–Trinajstić information content (AvgIpc) is 2.73. The Morgan fingerprint density at radius 3 is 2.48 bits per heavy atom. The number of nitrogens with zero attached hydrogens (tertiary/aromatic N) is 2. The topological polar surface area (TPSA) is 57.3 Å². The minimum Gasteiger partial charge on any atom is -0.326 e. The third-order valence-corrected chi connectivity index (χ3v) is 5.19. The largest absolute Gasteiger partial charge is 0.326 e. The number of anilines is 1. The minimum absolute atomic E-state index is 0.0476. The molecule has 0 unspecified atom stereocenters. The van der Waals surface area contributed by atoms with Crippen LogP contribution in [0.1, 0.15) is 31.2 Å². The quantitative estimate of drug-likeness (QED) is 0.553. The Labute approximate surface area is 165 Å². The van der Waals surface area contributed by atoms with E-state index >= 15 is 0 Å². The molecule has 2 N–H and O–H groups in total. The van der Waals surface area contributed by atoms with Crippen molar-refractivity contribution in [3.05, 3.63) is 66.5 Å². The van der Waals surface area contributed by atoms with E-state index in [-0.39, 0.29) is 11.8 Å². The summed E-state index contributed by atoms with van der Waals surface area (Å²) in [6.45, 7) is 0.719. The lowest BCUT2D eigenvalue weighted by Crippen LogP contribution is -2.44. The maximum Gasteiger partial charge on any atom is 0.227 e. The lowest BCUT2D eigenvalue weighted by molar-refractivity contribution is -0.121. The first kappa shape index (κ1) is 19.5. The number of benzene rings is 1. The molecule has 142 valence electrons. The molecule has 1 aromatic carbocycles. The van der Waals surface area contributed by atoms with Gasteiger partial charge < -0.3 is 5.32 Å². The van der Waals surface area contributed by atoms with Gasteiger partial charge in [-0.05, 0) is 55.2 Å². The number of amides is 1.